The van der Waals surface area contributed by atoms with Crippen molar-refractivity contribution in [2.75, 3.05) is 7.05 Å². The predicted molar refractivity (Wildman–Crippen MR) is 47.5 cm³/mol. The van der Waals surface area contributed by atoms with Crippen LogP contribution in [0.2, 0.25) is 0 Å². The van der Waals surface area contributed by atoms with Crippen LogP contribution in [0.3, 0.4) is 0 Å². The summed E-state index contributed by atoms with van der Waals surface area (Å²) in [6.45, 7) is 0. The third-order valence-electron chi connectivity index (χ3n) is 2.48. The van der Waals surface area contributed by atoms with E-state index in [4.69, 9.17) is 0 Å². The quantitative estimate of drug-likeness (QED) is 0.537. The van der Waals surface area contributed by atoms with Crippen LogP contribution in [-0.4, -0.2) is 24.3 Å². The average molecular weight is 161 g/mol. The molecular formula is C10H11NO. The molecule has 2 aliphatic rings. The minimum atomic E-state index is 0.275. The largest absolute Gasteiger partial charge is 0.373 e. The van der Waals surface area contributed by atoms with Gasteiger partial charge in [-0.05, 0) is 6.20 Å². The molecule has 1 heterocycles. The van der Waals surface area contributed by atoms with Gasteiger partial charge in [-0.25, -0.2) is 0 Å². The van der Waals surface area contributed by atoms with Crippen molar-refractivity contribution in [1.82, 2.24) is 4.90 Å². The summed E-state index contributed by atoms with van der Waals surface area (Å²) in [6, 6.07) is 0.357. The Bertz CT molecular complexity index is 288. The molecule has 0 bridgehead atoms. The van der Waals surface area contributed by atoms with Gasteiger partial charge in [0, 0.05) is 18.5 Å². The zero-order valence-electron chi connectivity index (χ0n) is 6.97. The number of nitrogens with zero attached hydrogens (tertiary/aromatic N) is 1. The van der Waals surface area contributed by atoms with E-state index in [1.54, 1.807) is 0 Å². The van der Waals surface area contributed by atoms with E-state index in [1.165, 1.54) is 0 Å². The van der Waals surface area contributed by atoms with E-state index in [2.05, 4.69) is 17.1 Å². The van der Waals surface area contributed by atoms with Gasteiger partial charge in [0.1, 0.15) is 6.29 Å². The summed E-state index contributed by atoms with van der Waals surface area (Å²) < 4.78 is 0. The van der Waals surface area contributed by atoms with Crippen molar-refractivity contribution in [2.24, 2.45) is 5.92 Å². The summed E-state index contributed by atoms with van der Waals surface area (Å²) in [7, 11) is 2.03. The summed E-state index contributed by atoms with van der Waals surface area (Å²) in [6.07, 6.45) is 11.0. The number of hydrogen-bond acceptors (Lipinski definition) is 2. The SMILES string of the molecule is CN1C=CC2C(C=O)=CC=CC21. The summed E-state index contributed by atoms with van der Waals surface area (Å²) in [5.41, 5.74) is 0.878. The molecule has 0 spiro atoms. The Morgan fingerprint density at radius 3 is 3.08 bits per heavy atom. The number of likely N-dealkylation sites (N-methyl/N-ethyl adjacent to an activating group) is 1. The average Bonchev–Trinajstić information content (AvgIpc) is 2.48. The van der Waals surface area contributed by atoms with Crippen LogP contribution in [0.1, 0.15) is 0 Å². The Balaban J connectivity index is 2.32. The molecule has 0 amide bonds. The van der Waals surface area contributed by atoms with E-state index >= 15 is 0 Å². The van der Waals surface area contributed by atoms with Crippen molar-refractivity contribution in [3.05, 3.63) is 36.1 Å². The number of carbonyl (C=O) groups excluding carboxylic acids is 1. The Hall–Kier alpha value is -1.31. The maximum absolute atomic E-state index is 10.7. The van der Waals surface area contributed by atoms with E-state index in [-0.39, 0.29) is 5.92 Å². The van der Waals surface area contributed by atoms with Gasteiger partial charge in [0.2, 0.25) is 0 Å². The van der Waals surface area contributed by atoms with Gasteiger partial charge in [-0.15, -0.1) is 0 Å². The number of hydrogen-bond donors (Lipinski definition) is 0. The molecule has 0 N–H and O–H groups in total. The molecule has 0 radical (unpaired) electrons. The molecule has 1 aliphatic heterocycles. The van der Waals surface area contributed by atoms with Gasteiger partial charge in [-0.3, -0.25) is 4.79 Å². The molecule has 0 saturated carbocycles. The Morgan fingerprint density at radius 2 is 2.33 bits per heavy atom. The molecule has 0 saturated heterocycles. The highest BCUT2D eigenvalue weighted by atomic mass is 16.1. The van der Waals surface area contributed by atoms with Gasteiger partial charge in [-0.2, -0.15) is 0 Å². The fourth-order valence-electron chi connectivity index (χ4n) is 1.77. The van der Waals surface area contributed by atoms with Gasteiger partial charge >= 0.3 is 0 Å². The van der Waals surface area contributed by atoms with Gasteiger partial charge in [-0.1, -0.05) is 24.3 Å². The van der Waals surface area contributed by atoms with Crippen LogP contribution >= 0.6 is 0 Å². The minimum Gasteiger partial charge on any atom is -0.373 e. The van der Waals surface area contributed by atoms with E-state index < -0.39 is 0 Å². The zero-order chi connectivity index (χ0) is 8.55. The number of fused-ring (bicyclic) bond motifs is 1. The van der Waals surface area contributed by atoms with Crippen molar-refractivity contribution in [3.8, 4) is 0 Å². The Labute approximate surface area is 71.9 Å². The van der Waals surface area contributed by atoms with Crippen LogP contribution in [0.15, 0.2) is 36.1 Å². The van der Waals surface area contributed by atoms with E-state index in [0.29, 0.717) is 6.04 Å². The van der Waals surface area contributed by atoms with Crippen LogP contribution in [-0.2, 0) is 4.79 Å². The number of aldehydes is 1. The lowest BCUT2D eigenvalue weighted by Crippen LogP contribution is -2.29. The van der Waals surface area contributed by atoms with E-state index in [0.717, 1.165) is 11.9 Å². The van der Waals surface area contributed by atoms with Crippen LogP contribution in [0.5, 0.6) is 0 Å². The van der Waals surface area contributed by atoms with Crippen molar-refractivity contribution >= 4 is 6.29 Å². The summed E-state index contributed by atoms with van der Waals surface area (Å²) in [5, 5.41) is 0. The molecule has 2 nitrogen and oxygen atoms in total. The fraction of sp³-hybridized carbons (Fsp3) is 0.300. The number of rotatable bonds is 1. The second-order valence-electron chi connectivity index (χ2n) is 3.19. The third kappa shape index (κ3) is 0.916. The molecule has 2 atom stereocenters. The van der Waals surface area contributed by atoms with E-state index in [9.17, 15) is 4.79 Å². The van der Waals surface area contributed by atoms with Gasteiger partial charge < -0.3 is 4.90 Å². The first-order valence-electron chi connectivity index (χ1n) is 4.07. The Kier molecular flexibility index (Phi) is 1.61. The first-order valence-corrected chi connectivity index (χ1v) is 4.07. The minimum absolute atomic E-state index is 0.275. The molecule has 1 aliphatic carbocycles. The Morgan fingerprint density at radius 1 is 1.50 bits per heavy atom. The van der Waals surface area contributed by atoms with Gasteiger partial charge in [0.15, 0.2) is 0 Å². The molecule has 0 aromatic rings. The van der Waals surface area contributed by atoms with Crippen molar-refractivity contribution in [3.63, 3.8) is 0 Å². The molecule has 62 valence electrons. The lowest BCUT2D eigenvalue weighted by Gasteiger charge is -2.25. The normalized spacial score (nSPS) is 31.8. The molecule has 0 aromatic heterocycles. The van der Waals surface area contributed by atoms with Crippen molar-refractivity contribution < 1.29 is 4.79 Å². The highest BCUT2D eigenvalue weighted by molar-refractivity contribution is 5.76. The molecule has 2 heteroatoms. The lowest BCUT2D eigenvalue weighted by molar-refractivity contribution is -0.105. The molecule has 0 fully saturated rings. The lowest BCUT2D eigenvalue weighted by atomic mass is 9.90. The molecule has 0 aromatic carbocycles. The first-order chi connectivity index (χ1) is 5.83. The second kappa shape index (κ2) is 2.63. The second-order valence-corrected chi connectivity index (χ2v) is 3.19. The molecule has 2 unspecified atom stereocenters. The highest BCUT2D eigenvalue weighted by Gasteiger charge is 2.28. The molecule has 2 rings (SSSR count). The van der Waals surface area contributed by atoms with Crippen molar-refractivity contribution in [1.29, 1.82) is 0 Å². The summed E-state index contributed by atoms with van der Waals surface area (Å²) in [5.74, 6) is 0.275. The predicted octanol–water partition coefficient (Wildman–Crippen LogP) is 1.13. The van der Waals surface area contributed by atoms with E-state index in [1.807, 2.05) is 25.4 Å². The maximum atomic E-state index is 10.7. The maximum Gasteiger partial charge on any atom is 0.146 e. The topological polar surface area (TPSA) is 20.3 Å². The zero-order valence-corrected chi connectivity index (χ0v) is 6.97. The van der Waals surface area contributed by atoms with Crippen LogP contribution in [0.4, 0.5) is 0 Å². The highest BCUT2D eigenvalue weighted by Crippen LogP contribution is 2.29. The first kappa shape index (κ1) is 7.35. The smallest absolute Gasteiger partial charge is 0.146 e. The van der Waals surface area contributed by atoms with Gasteiger partial charge in [0.25, 0.3) is 0 Å². The van der Waals surface area contributed by atoms with Crippen molar-refractivity contribution in [2.45, 2.75) is 6.04 Å². The standard InChI is InChI=1S/C10H11NO/c1-11-6-5-9-8(7-12)3-2-4-10(9)11/h2-7,9-10H,1H3. The number of allylic oxidation sites excluding steroid dienone is 2. The number of carbonyl (C=O) groups is 1. The fourth-order valence-corrected chi connectivity index (χ4v) is 1.77. The molecule has 12 heavy (non-hydrogen) atoms. The van der Waals surface area contributed by atoms with Crippen LogP contribution < -0.4 is 0 Å². The van der Waals surface area contributed by atoms with Gasteiger partial charge in [0.05, 0.1) is 6.04 Å². The molecular weight excluding hydrogens is 150 g/mol. The van der Waals surface area contributed by atoms with Crippen LogP contribution in [0, 0.1) is 5.92 Å². The summed E-state index contributed by atoms with van der Waals surface area (Å²) in [4.78, 5) is 12.8. The monoisotopic (exact) mass is 161 g/mol. The third-order valence-corrected chi connectivity index (χ3v) is 2.48. The van der Waals surface area contributed by atoms with Crippen LogP contribution in [0.25, 0.3) is 0 Å². The summed E-state index contributed by atoms with van der Waals surface area (Å²) >= 11 is 0.